The second kappa shape index (κ2) is 6.10. The van der Waals surface area contributed by atoms with Crippen LogP contribution in [-0.2, 0) is 24.9 Å². The number of hydrogen-bond acceptors (Lipinski definition) is 3. The first-order chi connectivity index (χ1) is 10.9. The zero-order chi connectivity index (χ0) is 16.7. The SMILES string of the molecule is CC(=O)c1c(C)n(C)c2cc3c(cc12)CN(CCOC(C)C)C3. The summed E-state index contributed by atoms with van der Waals surface area (Å²) in [5.41, 5.74) is 5.80. The first-order valence-electron chi connectivity index (χ1n) is 8.34. The zero-order valence-corrected chi connectivity index (χ0v) is 14.8. The minimum Gasteiger partial charge on any atom is -0.377 e. The average Bonchev–Trinajstić information content (AvgIpc) is 2.96. The van der Waals surface area contributed by atoms with Crippen molar-refractivity contribution in [2.24, 2.45) is 7.05 Å². The van der Waals surface area contributed by atoms with Crippen molar-refractivity contribution in [1.29, 1.82) is 0 Å². The van der Waals surface area contributed by atoms with Crippen molar-refractivity contribution in [3.63, 3.8) is 0 Å². The van der Waals surface area contributed by atoms with Crippen LogP contribution >= 0.6 is 0 Å². The summed E-state index contributed by atoms with van der Waals surface area (Å²) in [5, 5.41) is 1.09. The van der Waals surface area contributed by atoms with E-state index < -0.39 is 0 Å². The highest BCUT2D eigenvalue weighted by Crippen LogP contribution is 2.32. The number of ketones is 1. The lowest BCUT2D eigenvalue weighted by atomic mass is 10.0. The van der Waals surface area contributed by atoms with Crippen molar-refractivity contribution in [3.8, 4) is 0 Å². The third-order valence-corrected chi connectivity index (χ3v) is 4.81. The van der Waals surface area contributed by atoms with Gasteiger partial charge >= 0.3 is 0 Å². The molecule has 1 aromatic carbocycles. The molecule has 0 N–H and O–H groups in total. The van der Waals surface area contributed by atoms with Gasteiger partial charge in [0.25, 0.3) is 0 Å². The summed E-state index contributed by atoms with van der Waals surface area (Å²) in [6.45, 7) is 11.4. The van der Waals surface area contributed by atoms with E-state index in [4.69, 9.17) is 4.74 Å². The Hall–Kier alpha value is -1.65. The number of benzene rings is 1. The van der Waals surface area contributed by atoms with Crippen molar-refractivity contribution in [1.82, 2.24) is 9.47 Å². The molecule has 0 bridgehead atoms. The third-order valence-electron chi connectivity index (χ3n) is 4.81. The van der Waals surface area contributed by atoms with Crippen molar-refractivity contribution >= 4 is 16.7 Å². The number of carbonyl (C=O) groups is 1. The maximum atomic E-state index is 12.0. The second-order valence-electron chi connectivity index (χ2n) is 6.84. The van der Waals surface area contributed by atoms with Gasteiger partial charge in [-0.2, -0.15) is 0 Å². The molecule has 2 aromatic rings. The minimum atomic E-state index is 0.147. The van der Waals surface area contributed by atoms with Crippen LogP contribution in [0.4, 0.5) is 0 Å². The second-order valence-corrected chi connectivity index (χ2v) is 6.84. The number of hydrogen-bond donors (Lipinski definition) is 0. The van der Waals surface area contributed by atoms with Crippen LogP contribution in [0.25, 0.3) is 10.9 Å². The molecule has 0 spiro atoms. The largest absolute Gasteiger partial charge is 0.377 e. The van der Waals surface area contributed by atoms with Gasteiger partial charge in [-0.15, -0.1) is 0 Å². The molecule has 1 aliphatic heterocycles. The molecule has 0 atom stereocenters. The molecule has 0 saturated heterocycles. The highest BCUT2D eigenvalue weighted by Gasteiger charge is 2.23. The Kier molecular flexibility index (Phi) is 4.30. The lowest BCUT2D eigenvalue weighted by Gasteiger charge is -2.15. The molecule has 0 radical (unpaired) electrons. The number of ether oxygens (including phenoxy) is 1. The third kappa shape index (κ3) is 2.93. The predicted molar refractivity (Wildman–Crippen MR) is 92.9 cm³/mol. The van der Waals surface area contributed by atoms with E-state index in [1.54, 1.807) is 6.92 Å². The molecule has 4 nitrogen and oxygen atoms in total. The summed E-state index contributed by atoms with van der Waals surface area (Å²) in [6, 6.07) is 4.48. The molecule has 0 unspecified atom stereocenters. The van der Waals surface area contributed by atoms with E-state index in [0.717, 1.165) is 48.4 Å². The van der Waals surface area contributed by atoms with Gasteiger partial charge < -0.3 is 9.30 Å². The Morgan fingerprint density at radius 3 is 2.52 bits per heavy atom. The first-order valence-corrected chi connectivity index (χ1v) is 8.34. The lowest BCUT2D eigenvalue weighted by Crippen LogP contribution is -2.23. The number of aryl methyl sites for hydroxylation is 1. The minimum absolute atomic E-state index is 0.147. The Labute approximate surface area is 138 Å². The predicted octanol–water partition coefficient (Wildman–Crippen LogP) is 3.43. The fraction of sp³-hybridized carbons (Fsp3) is 0.526. The number of Topliss-reactive ketones (excluding diaryl/α,β-unsaturated/α-hetero) is 1. The Morgan fingerprint density at radius 2 is 1.91 bits per heavy atom. The van der Waals surface area contributed by atoms with Crippen molar-refractivity contribution in [2.75, 3.05) is 13.2 Å². The molecule has 2 heterocycles. The highest BCUT2D eigenvalue weighted by atomic mass is 16.5. The molecule has 23 heavy (non-hydrogen) atoms. The topological polar surface area (TPSA) is 34.5 Å². The molecule has 0 amide bonds. The van der Waals surface area contributed by atoms with Crippen LogP contribution in [0, 0.1) is 6.92 Å². The van der Waals surface area contributed by atoms with Gasteiger partial charge in [-0.25, -0.2) is 0 Å². The van der Waals surface area contributed by atoms with Crippen LogP contribution < -0.4 is 0 Å². The maximum Gasteiger partial charge on any atom is 0.162 e. The summed E-state index contributed by atoms with van der Waals surface area (Å²) in [6.07, 6.45) is 0.281. The first kappa shape index (κ1) is 16.2. The number of fused-ring (bicyclic) bond motifs is 2. The van der Waals surface area contributed by atoms with Crippen molar-refractivity contribution < 1.29 is 9.53 Å². The van der Waals surface area contributed by atoms with E-state index >= 15 is 0 Å². The van der Waals surface area contributed by atoms with Crippen LogP contribution in [0.1, 0.15) is 48.0 Å². The number of aromatic nitrogens is 1. The van der Waals surface area contributed by atoms with Crippen molar-refractivity contribution in [2.45, 2.75) is 46.9 Å². The molecule has 1 aliphatic rings. The molecule has 124 valence electrons. The van der Waals surface area contributed by atoms with Crippen LogP contribution in [-0.4, -0.2) is 34.5 Å². The zero-order valence-electron chi connectivity index (χ0n) is 14.8. The van der Waals surface area contributed by atoms with Gasteiger partial charge in [0.05, 0.1) is 12.7 Å². The van der Waals surface area contributed by atoms with E-state index in [-0.39, 0.29) is 11.9 Å². The summed E-state index contributed by atoms with van der Waals surface area (Å²) in [4.78, 5) is 14.4. The molecule has 3 rings (SSSR count). The monoisotopic (exact) mass is 314 g/mol. The molecule has 0 saturated carbocycles. The van der Waals surface area contributed by atoms with Crippen LogP contribution in [0.3, 0.4) is 0 Å². The van der Waals surface area contributed by atoms with Crippen molar-refractivity contribution in [3.05, 3.63) is 34.5 Å². The van der Waals surface area contributed by atoms with Gasteiger partial charge in [-0.1, -0.05) is 0 Å². The van der Waals surface area contributed by atoms with Gasteiger partial charge in [0.1, 0.15) is 0 Å². The molecular formula is C19H26N2O2. The van der Waals surface area contributed by atoms with Crippen LogP contribution in [0.15, 0.2) is 12.1 Å². The maximum absolute atomic E-state index is 12.0. The van der Waals surface area contributed by atoms with Gasteiger partial charge in [-0.05, 0) is 51.0 Å². The fourth-order valence-electron chi connectivity index (χ4n) is 3.55. The molecule has 0 fully saturated rings. The summed E-state index contributed by atoms with van der Waals surface area (Å²) in [7, 11) is 2.04. The molecule has 4 heteroatoms. The Balaban J connectivity index is 1.88. The van der Waals surface area contributed by atoms with Gasteiger partial charge in [-0.3, -0.25) is 9.69 Å². The quantitative estimate of drug-likeness (QED) is 0.793. The summed E-state index contributed by atoms with van der Waals surface area (Å²) in [5.74, 6) is 0.147. The van der Waals surface area contributed by atoms with E-state index in [1.807, 2.05) is 14.0 Å². The number of nitrogens with zero attached hydrogens (tertiary/aromatic N) is 2. The van der Waals surface area contributed by atoms with Gasteiger partial charge in [0, 0.05) is 48.8 Å². The standard InChI is InChI=1S/C19H26N2O2/c1-12(2)23-7-6-21-10-15-8-17-18(9-16(15)11-21)20(5)13(3)19(17)14(4)22/h8-9,12H,6-7,10-11H2,1-5H3. The highest BCUT2D eigenvalue weighted by molar-refractivity contribution is 6.08. The molecule has 0 aliphatic carbocycles. The summed E-state index contributed by atoms with van der Waals surface area (Å²) < 4.78 is 7.80. The Morgan fingerprint density at radius 1 is 1.26 bits per heavy atom. The summed E-state index contributed by atoms with van der Waals surface area (Å²) >= 11 is 0. The molecule has 1 aromatic heterocycles. The van der Waals surface area contributed by atoms with Gasteiger partial charge in [0.15, 0.2) is 5.78 Å². The van der Waals surface area contributed by atoms with E-state index in [9.17, 15) is 4.79 Å². The van der Waals surface area contributed by atoms with Crippen LogP contribution in [0.5, 0.6) is 0 Å². The van der Waals surface area contributed by atoms with E-state index in [0.29, 0.717) is 0 Å². The Bertz CT molecular complexity index is 759. The lowest BCUT2D eigenvalue weighted by molar-refractivity contribution is 0.0584. The van der Waals surface area contributed by atoms with Gasteiger partial charge in [0.2, 0.25) is 0 Å². The number of carbonyl (C=O) groups excluding carboxylic acids is 1. The van der Waals surface area contributed by atoms with Crippen LogP contribution in [0.2, 0.25) is 0 Å². The number of rotatable bonds is 5. The fourth-order valence-corrected chi connectivity index (χ4v) is 3.55. The molecular weight excluding hydrogens is 288 g/mol. The smallest absolute Gasteiger partial charge is 0.162 e. The van der Waals surface area contributed by atoms with E-state index in [1.165, 1.54) is 11.1 Å². The van der Waals surface area contributed by atoms with E-state index in [2.05, 4.69) is 35.4 Å². The normalized spacial score (nSPS) is 14.9. The average molecular weight is 314 g/mol.